The first-order chi connectivity index (χ1) is 26.7. The molecule has 0 amide bonds. The third-order valence-corrected chi connectivity index (χ3v) is 9.44. The summed E-state index contributed by atoms with van der Waals surface area (Å²) in [6.45, 7) is 0. The second-order valence-electron chi connectivity index (χ2n) is 13.0. The lowest BCUT2D eigenvalue weighted by Crippen LogP contribution is -1.95. The molecular formula is C49H33N5. The molecule has 254 valence electrons. The Kier molecular flexibility index (Phi) is 8.86. The summed E-state index contributed by atoms with van der Waals surface area (Å²) in [7, 11) is 0. The van der Waals surface area contributed by atoms with E-state index < -0.39 is 0 Å². The van der Waals surface area contributed by atoms with Gasteiger partial charge in [-0.15, -0.1) is 0 Å². The summed E-state index contributed by atoms with van der Waals surface area (Å²) in [5, 5.41) is 0. The van der Waals surface area contributed by atoms with Crippen LogP contribution in [-0.2, 0) is 0 Å². The van der Waals surface area contributed by atoms with Crippen LogP contribution < -0.4 is 0 Å². The quantitative estimate of drug-likeness (QED) is 0.159. The van der Waals surface area contributed by atoms with Crippen molar-refractivity contribution in [1.29, 1.82) is 0 Å². The van der Waals surface area contributed by atoms with Crippen molar-refractivity contribution in [2.45, 2.75) is 0 Å². The first-order valence-corrected chi connectivity index (χ1v) is 17.9. The van der Waals surface area contributed by atoms with Crippen molar-refractivity contribution in [2.24, 2.45) is 0 Å². The summed E-state index contributed by atoms with van der Waals surface area (Å²) in [4.78, 5) is 24.3. The Hall–Kier alpha value is -7.37. The van der Waals surface area contributed by atoms with Gasteiger partial charge < -0.3 is 0 Å². The van der Waals surface area contributed by atoms with E-state index >= 15 is 0 Å². The molecule has 0 spiro atoms. The number of rotatable bonds is 8. The molecule has 0 unspecified atom stereocenters. The Morgan fingerprint density at radius 3 is 1.26 bits per heavy atom. The van der Waals surface area contributed by atoms with Crippen molar-refractivity contribution < 1.29 is 0 Å². The molecule has 9 rings (SSSR count). The summed E-state index contributed by atoms with van der Waals surface area (Å²) in [6.07, 6.45) is 3.65. The highest BCUT2D eigenvalue weighted by Crippen LogP contribution is 2.33. The summed E-state index contributed by atoms with van der Waals surface area (Å²) in [5.41, 5.74) is 14.7. The highest BCUT2D eigenvalue weighted by molar-refractivity contribution is 5.78. The number of benzene rings is 5. The van der Waals surface area contributed by atoms with Crippen molar-refractivity contribution in [1.82, 2.24) is 24.9 Å². The molecule has 0 aliphatic rings. The largest absolute Gasteiger partial charge is 0.255 e. The zero-order chi connectivity index (χ0) is 36.1. The van der Waals surface area contributed by atoms with Crippen molar-refractivity contribution in [3.63, 3.8) is 0 Å². The second-order valence-corrected chi connectivity index (χ2v) is 13.0. The lowest BCUT2D eigenvalue weighted by Gasteiger charge is -2.11. The molecule has 5 heteroatoms. The molecule has 4 heterocycles. The summed E-state index contributed by atoms with van der Waals surface area (Å²) >= 11 is 0. The Balaban J connectivity index is 1.00. The molecule has 0 atom stereocenters. The Morgan fingerprint density at radius 2 is 0.667 bits per heavy atom. The third kappa shape index (κ3) is 6.94. The average Bonchev–Trinajstić information content (AvgIpc) is 3.27. The van der Waals surface area contributed by atoms with Gasteiger partial charge in [-0.05, 0) is 75.8 Å². The first kappa shape index (κ1) is 32.5. The smallest absolute Gasteiger partial charge is 0.160 e. The van der Waals surface area contributed by atoms with Gasteiger partial charge >= 0.3 is 0 Å². The van der Waals surface area contributed by atoms with Crippen molar-refractivity contribution in [3.8, 4) is 90.1 Å². The molecule has 4 aromatic heterocycles. The Labute approximate surface area is 314 Å². The van der Waals surface area contributed by atoms with E-state index in [9.17, 15) is 0 Å². The molecule has 5 nitrogen and oxygen atoms in total. The molecule has 0 N–H and O–H groups in total. The molecule has 0 radical (unpaired) electrons. The van der Waals surface area contributed by atoms with Crippen molar-refractivity contribution in [3.05, 3.63) is 200 Å². The minimum absolute atomic E-state index is 0.708. The molecule has 0 bridgehead atoms. The zero-order valence-corrected chi connectivity index (χ0v) is 29.3. The predicted octanol–water partition coefficient (Wildman–Crippen LogP) is 12.0. The normalized spacial score (nSPS) is 11.0. The number of pyridine rings is 3. The molecule has 0 saturated carbocycles. The standard InChI is InChI=1S/C49H33N5/c1-4-12-34(13-5-1)42-31-47(43-18-10-11-28-50-43)52-48(32-42)46-30-41(27-29-51-46)37-21-19-35(20-22-37)36-23-25-39(26-24-36)45-33-44(38-14-6-2-7-15-38)53-49(54-45)40-16-8-3-9-17-40/h1-33H. The topological polar surface area (TPSA) is 64.5 Å². The summed E-state index contributed by atoms with van der Waals surface area (Å²) < 4.78 is 0. The SMILES string of the molecule is c1ccc(-c2cc(-c3ccccn3)nc(-c3cc(-c4ccc(-c5ccc(-c6cc(-c7ccccc7)nc(-c7ccccc7)n6)cc5)cc4)ccn3)c2)cc1. The minimum atomic E-state index is 0.708. The number of nitrogens with zero attached hydrogens (tertiary/aromatic N) is 5. The number of aromatic nitrogens is 5. The lowest BCUT2D eigenvalue weighted by atomic mass is 9.98. The van der Waals surface area contributed by atoms with Gasteiger partial charge in [-0.1, -0.05) is 146 Å². The number of hydrogen-bond donors (Lipinski definition) is 0. The fraction of sp³-hybridized carbons (Fsp3) is 0. The van der Waals surface area contributed by atoms with E-state index in [4.69, 9.17) is 19.9 Å². The Morgan fingerprint density at radius 1 is 0.222 bits per heavy atom. The summed E-state index contributed by atoms with van der Waals surface area (Å²) in [5.74, 6) is 0.708. The molecule has 5 aromatic carbocycles. The summed E-state index contributed by atoms with van der Waals surface area (Å²) in [6, 6.07) is 64.3. The van der Waals surface area contributed by atoms with E-state index in [2.05, 4.69) is 102 Å². The van der Waals surface area contributed by atoms with Gasteiger partial charge in [0.1, 0.15) is 0 Å². The molecule has 54 heavy (non-hydrogen) atoms. The fourth-order valence-corrected chi connectivity index (χ4v) is 6.61. The average molecular weight is 692 g/mol. The van der Waals surface area contributed by atoms with Gasteiger partial charge in [0.05, 0.1) is 34.2 Å². The van der Waals surface area contributed by atoms with Gasteiger partial charge in [0.2, 0.25) is 0 Å². The van der Waals surface area contributed by atoms with Crippen molar-refractivity contribution >= 4 is 0 Å². The van der Waals surface area contributed by atoms with E-state index in [1.165, 1.54) is 0 Å². The molecular weight excluding hydrogens is 659 g/mol. The Bertz CT molecular complexity index is 2550. The molecule has 0 saturated heterocycles. The zero-order valence-electron chi connectivity index (χ0n) is 29.3. The maximum atomic E-state index is 5.02. The highest BCUT2D eigenvalue weighted by atomic mass is 14.9. The van der Waals surface area contributed by atoms with Crippen LogP contribution in [0.25, 0.3) is 90.1 Å². The predicted molar refractivity (Wildman–Crippen MR) is 219 cm³/mol. The van der Waals surface area contributed by atoms with E-state index in [0.29, 0.717) is 5.82 Å². The maximum absolute atomic E-state index is 5.02. The fourth-order valence-electron chi connectivity index (χ4n) is 6.61. The van der Waals surface area contributed by atoms with Gasteiger partial charge in [-0.2, -0.15) is 0 Å². The van der Waals surface area contributed by atoms with E-state index in [1.807, 2.05) is 97.2 Å². The van der Waals surface area contributed by atoms with Crippen LogP contribution in [0.15, 0.2) is 200 Å². The van der Waals surface area contributed by atoms with Crippen LogP contribution in [0.1, 0.15) is 0 Å². The van der Waals surface area contributed by atoms with Crippen LogP contribution in [-0.4, -0.2) is 24.9 Å². The van der Waals surface area contributed by atoms with Gasteiger partial charge in [-0.25, -0.2) is 15.0 Å². The van der Waals surface area contributed by atoms with Crippen LogP contribution in [0.2, 0.25) is 0 Å². The minimum Gasteiger partial charge on any atom is -0.255 e. The first-order valence-electron chi connectivity index (χ1n) is 17.9. The second kappa shape index (κ2) is 14.7. The van der Waals surface area contributed by atoms with Crippen LogP contribution >= 0.6 is 0 Å². The van der Waals surface area contributed by atoms with Gasteiger partial charge in [-0.3, -0.25) is 9.97 Å². The molecule has 0 aliphatic carbocycles. The molecule has 0 fully saturated rings. The number of hydrogen-bond acceptors (Lipinski definition) is 5. The van der Waals surface area contributed by atoms with Gasteiger partial charge in [0.15, 0.2) is 5.82 Å². The maximum Gasteiger partial charge on any atom is 0.160 e. The van der Waals surface area contributed by atoms with Crippen LogP contribution in [0.5, 0.6) is 0 Å². The third-order valence-electron chi connectivity index (χ3n) is 9.44. The van der Waals surface area contributed by atoms with Crippen LogP contribution in [0.3, 0.4) is 0 Å². The van der Waals surface area contributed by atoms with Crippen LogP contribution in [0, 0.1) is 0 Å². The van der Waals surface area contributed by atoms with Crippen LogP contribution in [0.4, 0.5) is 0 Å². The highest BCUT2D eigenvalue weighted by Gasteiger charge is 2.13. The van der Waals surface area contributed by atoms with Crippen molar-refractivity contribution in [2.75, 3.05) is 0 Å². The molecule has 9 aromatic rings. The van der Waals surface area contributed by atoms with E-state index in [0.717, 1.165) is 84.2 Å². The monoisotopic (exact) mass is 691 g/mol. The van der Waals surface area contributed by atoms with Gasteiger partial charge in [0, 0.05) is 29.1 Å². The van der Waals surface area contributed by atoms with Gasteiger partial charge in [0.25, 0.3) is 0 Å². The molecule has 0 aliphatic heterocycles. The van der Waals surface area contributed by atoms with E-state index in [-0.39, 0.29) is 0 Å². The van der Waals surface area contributed by atoms with E-state index in [1.54, 1.807) is 6.20 Å². The lowest BCUT2D eigenvalue weighted by molar-refractivity contribution is 1.18.